The third kappa shape index (κ3) is 4.85. The fourth-order valence-electron chi connectivity index (χ4n) is 4.71. The van der Waals surface area contributed by atoms with Crippen molar-refractivity contribution in [3.8, 4) is 17.6 Å². The summed E-state index contributed by atoms with van der Waals surface area (Å²) >= 11 is 0. The van der Waals surface area contributed by atoms with Crippen LogP contribution in [-0.2, 0) is 14.3 Å². The van der Waals surface area contributed by atoms with E-state index >= 15 is 0 Å². The smallest absolute Gasteiger partial charge is 0.205 e. The zero-order valence-corrected chi connectivity index (χ0v) is 19.5. The molecule has 8 nitrogen and oxygen atoms in total. The third-order valence-corrected chi connectivity index (χ3v) is 6.37. The number of nitriles is 1. The minimum Gasteiger partial charge on any atom is -0.493 e. The second-order valence-electron chi connectivity index (χ2n) is 9.42. The standard InChI is InChI=1S/C25H31N3O5/c1-25(2)13-18(29)23-21(14-25)33-24(27)17(15-26)22(23)16-4-5-19(20(12-16)30-3)32-11-8-28-6-9-31-10-7-28/h4-5,12,22H,6-11,13-14,27H2,1-3H3/t22-/m1/s1. The second kappa shape index (κ2) is 9.46. The number of hydrogen-bond donors (Lipinski definition) is 1. The van der Waals surface area contributed by atoms with Gasteiger partial charge in [-0.05, 0) is 23.1 Å². The number of nitrogens with zero attached hydrogens (tertiary/aromatic N) is 2. The monoisotopic (exact) mass is 453 g/mol. The predicted octanol–water partition coefficient (Wildman–Crippen LogP) is 2.86. The van der Waals surface area contributed by atoms with Crippen molar-refractivity contribution in [2.75, 3.05) is 46.6 Å². The van der Waals surface area contributed by atoms with Crippen molar-refractivity contribution in [2.45, 2.75) is 32.6 Å². The van der Waals surface area contributed by atoms with Crippen LogP contribution in [0.5, 0.6) is 11.5 Å². The zero-order valence-electron chi connectivity index (χ0n) is 19.5. The number of methoxy groups -OCH3 is 1. The molecule has 0 bridgehead atoms. The van der Waals surface area contributed by atoms with E-state index in [0.29, 0.717) is 42.3 Å². The van der Waals surface area contributed by atoms with E-state index < -0.39 is 5.92 Å². The molecular weight excluding hydrogens is 422 g/mol. The van der Waals surface area contributed by atoms with E-state index in [0.717, 1.165) is 38.4 Å². The lowest BCUT2D eigenvalue weighted by molar-refractivity contribution is -0.119. The van der Waals surface area contributed by atoms with Crippen LogP contribution in [0.25, 0.3) is 0 Å². The Morgan fingerprint density at radius 1 is 1.24 bits per heavy atom. The number of Topliss-reactive ketones (excluding diaryl/α,β-unsaturated/α-hetero) is 1. The summed E-state index contributed by atoms with van der Waals surface area (Å²) in [6.45, 7) is 8.66. The van der Waals surface area contributed by atoms with E-state index in [1.807, 2.05) is 32.0 Å². The molecule has 1 atom stereocenters. The van der Waals surface area contributed by atoms with E-state index in [2.05, 4.69) is 11.0 Å². The Morgan fingerprint density at radius 3 is 2.70 bits per heavy atom. The van der Waals surface area contributed by atoms with Gasteiger partial charge < -0.3 is 24.7 Å². The predicted molar refractivity (Wildman–Crippen MR) is 121 cm³/mol. The van der Waals surface area contributed by atoms with Gasteiger partial charge in [-0.1, -0.05) is 19.9 Å². The van der Waals surface area contributed by atoms with Crippen molar-refractivity contribution in [3.63, 3.8) is 0 Å². The molecule has 0 radical (unpaired) electrons. The Labute approximate surface area is 194 Å². The molecule has 0 aromatic heterocycles. The lowest BCUT2D eigenvalue weighted by atomic mass is 9.70. The lowest BCUT2D eigenvalue weighted by Gasteiger charge is -2.37. The van der Waals surface area contributed by atoms with Gasteiger partial charge in [0.05, 0.1) is 26.2 Å². The number of carbonyl (C=O) groups excluding carboxylic acids is 1. The number of rotatable bonds is 6. The topological polar surface area (TPSA) is 107 Å². The molecule has 1 aromatic carbocycles. The first kappa shape index (κ1) is 23.1. The summed E-state index contributed by atoms with van der Waals surface area (Å²) in [6.07, 6.45) is 0.980. The number of carbonyl (C=O) groups is 1. The fraction of sp³-hybridized carbons (Fsp3) is 0.520. The Bertz CT molecular complexity index is 1030. The molecule has 2 N–H and O–H groups in total. The zero-order chi connectivity index (χ0) is 23.6. The van der Waals surface area contributed by atoms with E-state index in [9.17, 15) is 10.1 Å². The summed E-state index contributed by atoms with van der Waals surface area (Å²) < 4.78 is 22.7. The van der Waals surface area contributed by atoms with Crippen molar-refractivity contribution in [3.05, 3.63) is 46.6 Å². The summed E-state index contributed by atoms with van der Waals surface area (Å²) in [5, 5.41) is 9.82. The Hall–Kier alpha value is -3.02. The van der Waals surface area contributed by atoms with Gasteiger partial charge in [-0.15, -0.1) is 0 Å². The Morgan fingerprint density at radius 2 is 2.00 bits per heavy atom. The van der Waals surface area contributed by atoms with Crippen molar-refractivity contribution in [1.82, 2.24) is 4.90 Å². The van der Waals surface area contributed by atoms with Crippen LogP contribution in [-0.4, -0.2) is 57.2 Å². The van der Waals surface area contributed by atoms with E-state index in [4.69, 9.17) is 24.7 Å². The molecule has 1 aliphatic carbocycles. The highest BCUT2D eigenvalue weighted by molar-refractivity contribution is 6.00. The van der Waals surface area contributed by atoms with Crippen LogP contribution in [0.2, 0.25) is 0 Å². The van der Waals surface area contributed by atoms with Crippen LogP contribution in [0.1, 0.15) is 38.2 Å². The SMILES string of the molecule is COc1cc([C@@H]2C(C#N)=C(N)OC3=C2C(=O)CC(C)(C)C3)ccc1OCCN1CCOCC1. The van der Waals surface area contributed by atoms with Crippen LogP contribution in [0, 0.1) is 16.7 Å². The highest BCUT2D eigenvalue weighted by Gasteiger charge is 2.43. The molecule has 176 valence electrons. The van der Waals surface area contributed by atoms with Gasteiger partial charge in [-0.2, -0.15) is 5.26 Å². The van der Waals surface area contributed by atoms with Gasteiger partial charge in [0.2, 0.25) is 5.88 Å². The van der Waals surface area contributed by atoms with Crippen LogP contribution < -0.4 is 15.2 Å². The Balaban J connectivity index is 1.60. The highest BCUT2D eigenvalue weighted by atomic mass is 16.5. The van der Waals surface area contributed by atoms with Gasteiger partial charge in [0, 0.05) is 38.0 Å². The molecular formula is C25H31N3O5. The first-order chi connectivity index (χ1) is 15.8. The van der Waals surface area contributed by atoms with Crippen molar-refractivity contribution in [1.29, 1.82) is 5.26 Å². The fourth-order valence-corrected chi connectivity index (χ4v) is 4.71. The third-order valence-electron chi connectivity index (χ3n) is 6.37. The van der Waals surface area contributed by atoms with Crippen LogP contribution >= 0.6 is 0 Å². The molecule has 2 aliphatic heterocycles. The summed E-state index contributed by atoms with van der Waals surface area (Å²) in [5.74, 6) is 1.17. The Kier molecular flexibility index (Phi) is 6.63. The summed E-state index contributed by atoms with van der Waals surface area (Å²) in [5.41, 5.74) is 7.40. The quantitative estimate of drug-likeness (QED) is 0.701. The van der Waals surface area contributed by atoms with Crippen molar-refractivity contribution < 1.29 is 23.7 Å². The first-order valence-electron chi connectivity index (χ1n) is 11.3. The van der Waals surface area contributed by atoms with Crippen molar-refractivity contribution >= 4 is 5.78 Å². The van der Waals surface area contributed by atoms with Crippen LogP contribution in [0.4, 0.5) is 0 Å². The molecule has 0 amide bonds. The van der Waals surface area contributed by atoms with Gasteiger partial charge in [-0.25, -0.2) is 0 Å². The maximum Gasteiger partial charge on any atom is 0.205 e. The number of allylic oxidation sites excluding steroid dienone is 3. The molecule has 4 rings (SSSR count). The molecule has 0 saturated carbocycles. The molecule has 0 unspecified atom stereocenters. The number of ether oxygens (including phenoxy) is 4. The molecule has 1 saturated heterocycles. The normalized spacial score (nSPS) is 23.0. The molecule has 2 heterocycles. The minimum absolute atomic E-state index is 0.0173. The van der Waals surface area contributed by atoms with E-state index in [-0.39, 0.29) is 22.7 Å². The summed E-state index contributed by atoms with van der Waals surface area (Å²) in [6, 6.07) is 7.67. The van der Waals surface area contributed by atoms with Gasteiger partial charge in [0.25, 0.3) is 0 Å². The van der Waals surface area contributed by atoms with E-state index in [1.54, 1.807) is 7.11 Å². The maximum atomic E-state index is 13.1. The minimum atomic E-state index is -0.585. The molecule has 33 heavy (non-hydrogen) atoms. The molecule has 3 aliphatic rings. The number of morpholine rings is 1. The van der Waals surface area contributed by atoms with Crippen molar-refractivity contribution in [2.24, 2.45) is 11.1 Å². The maximum absolute atomic E-state index is 13.1. The largest absolute Gasteiger partial charge is 0.493 e. The van der Waals surface area contributed by atoms with Gasteiger partial charge in [0.15, 0.2) is 17.3 Å². The lowest BCUT2D eigenvalue weighted by Crippen LogP contribution is -2.38. The van der Waals surface area contributed by atoms with Crippen LogP contribution in [0.3, 0.4) is 0 Å². The highest BCUT2D eigenvalue weighted by Crippen LogP contribution is 2.48. The van der Waals surface area contributed by atoms with E-state index in [1.165, 1.54) is 0 Å². The second-order valence-corrected chi connectivity index (χ2v) is 9.42. The number of hydrogen-bond acceptors (Lipinski definition) is 8. The number of ketones is 1. The first-order valence-corrected chi connectivity index (χ1v) is 11.3. The van der Waals surface area contributed by atoms with Gasteiger partial charge in [0.1, 0.15) is 24.0 Å². The average molecular weight is 454 g/mol. The molecule has 8 heteroatoms. The van der Waals surface area contributed by atoms with Crippen LogP contribution in [0.15, 0.2) is 41.0 Å². The molecule has 1 aromatic rings. The number of benzene rings is 1. The number of nitrogens with two attached hydrogens (primary N) is 1. The van der Waals surface area contributed by atoms with Gasteiger partial charge >= 0.3 is 0 Å². The molecule has 1 fully saturated rings. The molecule has 0 spiro atoms. The summed E-state index contributed by atoms with van der Waals surface area (Å²) in [7, 11) is 1.58. The summed E-state index contributed by atoms with van der Waals surface area (Å²) in [4.78, 5) is 15.4. The van der Waals surface area contributed by atoms with Gasteiger partial charge in [-0.3, -0.25) is 9.69 Å². The average Bonchev–Trinajstić information content (AvgIpc) is 2.78.